The van der Waals surface area contributed by atoms with Crippen molar-refractivity contribution in [2.75, 3.05) is 32.1 Å². The molecule has 3 fully saturated rings. The topological polar surface area (TPSA) is 163 Å². The number of piperidine rings is 1. The monoisotopic (exact) mass is 920 g/mol. The second-order valence-electron chi connectivity index (χ2n) is 17.7. The van der Waals surface area contributed by atoms with Crippen LogP contribution in [0.1, 0.15) is 80.2 Å². The highest BCUT2D eigenvalue weighted by atomic mass is 35.5. The van der Waals surface area contributed by atoms with Crippen molar-refractivity contribution in [2.24, 2.45) is 0 Å². The first-order valence-electron chi connectivity index (χ1n) is 22.5. The van der Waals surface area contributed by atoms with E-state index in [9.17, 15) is 19.6 Å². The van der Waals surface area contributed by atoms with Gasteiger partial charge in [0.25, 0.3) is 0 Å². The predicted molar refractivity (Wildman–Crippen MR) is 251 cm³/mol. The lowest BCUT2D eigenvalue weighted by Crippen LogP contribution is -2.56. The number of thioether (sulfide) groups is 1. The normalized spacial score (nSPS) is 19.2. The number of urea groups is 1. The molecule has 0 aliphatic carbocycles. The van der Waals surface area contributed by atoms with Crippen LogP contribution in [0.15, 0.2) is 72.8 Å². The summed E-state index contributed by atoms with van der Waals surface area (Å²) >= 11 is 8.82. The van der Waals surface area contributed by atoms with Gasteiger partial charge < -0.3 is 39.8 Å². The number of nitrogens with one attached hydrogen (secondary N) is 4. The fourth-order valence-corrected chi connectivity index (χ4v) is 10.6. The van der Waals surface area contributed by atoms with Gasteiger partial charge in [0.1, 0.15) is 37.9 Å². The van der Waals surface area contributed by atoms with Gasteiger partial charge in [0, 0.05) is 54.7 Å². The molecule has 8 rings (SSSR count). The van der Waals surface area contributed by atoms with Crippen molar-refractivity contribution in [3.05, 3.63) is 106 Å². The number of halogens is 1. The van der Waals surface area contributed by atoms with E-state index in [4.69, 9.17) is 30.5 Å². The molecule has 0 bridgehead atoms. The summed E-state index contributed by atoms with van der Waals surface area (Å²) < 4.78 is 24.4. The van der Waals surface area contributed by atoms with E-state index in [1.54, 1.807) is 24.3 Å². The first kappa shape index (κ1) is 45.9. The number of rotatable bonds is 17. The van der Waals surface area contributed by atoms with E-state index in [-0.39, 0.29) is 55.7 Å². The second kappa shape index (κ2) is 20.7. The molecule has 0 spiro atoms. The Kier molecular flexibility index (Phi) is 14.6. The molecule has 4 heterocycles. The van der Waals surface area contributed by atoms with Crippen LogP contribution >= 0.6 is 23.4 Å². The molecule has 0 aromatic heterocycles. The number of benzene rings is 4. The van der Waals surface area contributed by atoms with Crippen LogP contribution in [0.4, 0.5) is 4.79 Å². The van der Waals surface area contributed by atoms with Gasteiger partial charge in [0.05, 0.1) is 34.3 Å². The molecule has 0 unspecified atom stereocenters. The quantitative estimate of drug-likeness (QED) is 0.0607. The highest BCUT2D eigenvalue weighted by molar-refractivity contribution is 8.00. The number of hydrogen-bond acceptors (Lipinski definition) is 10. The van der Waals surface area contributed by atoms with Crippen LogP contribution in [0, 0.1) is 18.3 Å². The summed E-state index contributed by atoms with van der Waals surface area (Å²) in [7, 11) is 0. The maximum atomic E-state index is 13.7. The van der Waals surface area contributed by atoms with Crippen molar-refractivity contribution in [1.29, 1.82) is 5.26 Å². The number of likely N-dealkylation sites (tertiary alicyclic amines) is 1. The molecule has 3 atom stereocenters. The van der Waals surface area contributed by atoms with Crippen molar-refractivity contribution < 1.29 is 33.3 Å². The molecule has 4 aromatic rings. The number of nitrogens with zero attached hydrogens (tertiary/aromatic N) is 2. The van der Waals surface area contributed by atoms with Gasteiger partial charge >= 0.3 is 6.03 Å². The average Bonchev–Trinajstić information content (AvgIpc) is 3.88. The van der Waals surface area contributed by atoms with Gasteiger partial charge in [0.2, 0.25) is 11.8 Å². The Morgan fingerprint density at radius 3 is 2.54 bits per heavy atom. The zero-order valence-corrected chi connectivity index (χ0v) is 38.7. The summed E-state index contributed by atoms with van der Waals surface area (Å²) in [5, 5.41) is 22.9. The Morgan fingerprint density at radius 1 is 0.938 bits per heavy atom. The van der Waals surface area contributed by atoms with Crippen LogP contribution in [0.2, 0.25) is 5.02 Å². The fraction of sp³-hybridized carbons (Fsp3) is 0.440. The minimum atomic E-state index is -0.957. The zero-order valence-electron chi connectivity index (χ0n) is 37.2. The Morgan fingerprint density at radius 2 is 1.72 bits per heavy atom. The van der Waals surface area contributed by atoms with E-state index in [1.165, 1.54) is 0 Å². The summed E-state index contributed by atoms with van der Waals surface area (Å²) in [5.74, 6) is 3.40. The van der Waals surface area contributed by atoms with Crippen LogP contribution < -0.4 is 40.2 Å². The van der Waals surface area contributed by atoms with E-state index in [0.717, 1.165) is 69.9 Å². The molecule has 4 aromatic carbocycles. The Labute approximate surface area is 390 Å². The first-order chi connectivity index (χ1) is 31.4. The molecule has 3 saturated heterocycles. The number of carbonyl (C=O) groups is 3. The molecule has 4 amide bonds. The number of amides is 4. The molecule has 4 N–H and O–H groups in total. The van der Waals surface area contributed by atoms with Gasteiger partial charge in [-0.05, 0) is 105 Å². The molecule has 4 aliphatic rings. The third-order valence-electron chi connectivity index (χ3n) is 12.8. The SMILES string of the molecule is Cc1c(COc2cc(OCc3cccc(C#N)c3)c(CNC(C)(C)C(=O)NC3CCN(C(=O)CCCC[C@H]4SC[C@H]5NC(=O)N[C@H]54)CC3)cc2Cl)cccc1-c1ccc2c(c1)OCCO2. The van der Waals surface area contributed by atoms with Crippen LogP contribution in [0.25, 0.3) is 11.1 Å². The highest BCUT2D eigenvalue weighted by Crippen LogP contribution is 2.38. The van der Waals surface area contributed by atoms with E-state index in [2.05, 4.69) is 40.3 Å². The third kappa shape index (κ3) is 11.3. The van der Waals surface area contributed by atoms with Crippen molar-refractivity contribution in [2.45, 2.75) is 108 Å². The number of ether oxygens (including phenoxy) is 4. The lowest BCUT2D eigenvalue weighted by atomic mass is 9.96. The van der Waals surface area contributed by atoms with Crippen LogP contribution in [0.3, 0.4) is 0 Å². The zero-order chi connectivity index (χ0) is 45.5. The lowest BCUT2D eigenvalue weighted by molar-refractivity contribution is -0.132. The van der Waals surface area contributed by atoms with Crippen LogP contribution in [-0.4, -0.2) is 83.7 Å². The number of nitriles is 1. The molecular formula is C50H57ClN6O7S. The first-order valence-corrected chi connectivity index (χ1v) is 23.9. The number of unbranched alkanes of at least 4 members (excludes halogenated alkanes) is 1. The maximum absolute atomic E-state index is 13.7. The Balaban J connectivity index is 0.861. The molecule has 15 heteroatoms. The minimum absolute atomic E-state index is 0.0462. The minimum Gasteiger partial charge on any atom is -0.488 e. The molecule has 4 aliphatic heterocycles. The van der Waals surface area contributed by atoms with E-state index >= 15 is 0 Å². The summed E-state index contributed by atoms with van der Waals surface area (Å²) in [5.41, 5.74) is 5.27. The number of carbonyl (C=O) groups excluding carboxylic acids is 3. The maximum Gasteiger partial charge on any atom is 0.315 e. The molecule has 13 nitrogen and oxygen atoms in total. The van der Waals surface area contributed by atoms with Gasteiger partial charge in [-0.2, -0.15) is 17.0 Å². The van der Waals surface area contributed by atoms with E-state index in [1.807, 2.05) is 73.0 Å². The Bertz CT molecular complexity index is 2440. The van der Waals surface area contributed by atoms with Crippen molar-refractivity contribution in [3.8, 4) is 40.2 Å². The predicted octanol–water partition coefficient (Wildman–Crippen LogP) is 7.82. The van der Waals surface area contributed by atoms with Crippen LogP contribution in [-0.2, 0) is 29.3 Å². The highest BCUT2D eigenvalue weighted by Gasteiger charge is 2.42. The fourth-order valence-electron chi connectivity index (χ4n) is 8.83. The van der Waals surface area contributed by atoms with Crippen molar-refractivity contribution in [3.63, 3.8) is 0 Å². The summed E-state index contributed by atoms with van der Waals surface area (Å²) in [4.78, 5) is 40.4. The Hall–Kier alpha value is -5.62. The largest absolute Gasteiger partial charge is 0.488 e. The van der Waals surface area contributed by atoms with Gasteiger partial charge in [-0.1, -0.05) is 54.4 Å². The van der Waals surface area contributed by atoms with E-state index in [0.29, 0.717) is 72.9 Å². The van der Waals surface area contributed by atoms with Crippen LogP contribution in [0.5, 0.6) is 23.0 Å². The smallest absolute Gasteiger partial charge is 0.315 e. The lowest BCUT2D eigenvalue weighted by Gasteiger charge is -2.35. The van der Waals surface area contributed by atoms with Crippen molar-refractivity contribution in [1.82, 2.24) is 26.2 Å². The van der Waals surface area contributed by atoms with Gasteiger partial charge in [0.15, 0.2) is 11.5 Å². The number of hydrogen-bond donors (Lipinski definition) is 4. The molecule has 0 saturated carbocycles. The molecule has 65 heavy (non-hydrogen) atoms. The average molecular weight is 922 g/mol. The number of fused-ring (bicyclic) bond motifs is 2. The standard InChI is InChI=1S/C50H57ClN6O7S/c1-31-35(10-7-11-38(31)34-14-15-41-44(24-34)62-21-20-61-41)29-64-43-25-42(63-28-33-9-6-8-32(22-33)26-52)36(23-39(43)51)27-53-50(2,3)48(59)54-37-16-18-57(19-17-37)46(58)13-5-4-12-45-47-40(30-65-45)55-49(60)56-47/h6-11,14-15,22-25,37,40,45,47,53H,4-5,12-13,16-21,27-30H2,1-3H3,(H,54,59)(H2,55,56,60)/t40-,45-,47-/m1/s1. The van der Waals surface area contributed by atoms with Crippen molar-refractivity contribution >= 4 is 41.2 Å². The van der Waals surface area contributed by atoms with Gasteiger partial charge in [-0.15, -0.1) is 0 Å². The molecule has 342 valence electrons. The van der Waals surface area contributed by atoms with E-state index < -0.39 is 5.54 Å². The third-order valence-corrected chi connectivity index (χ3v) is 14.6. The second-order valence-corrected chi connectivity index (χ2v) is 19.4. The molecule has 0 radical (unpaired) electrons. The summed E-state index contributed by atoms with van der Waals surface area (Å²) in [6.07, 6.45) is 4.64. The van der Waals surface area contributed by atoms with Gasteiger partial charge in [-0.25, -0.2) is 4.79 Å². The summed E-state index contributed by atoms with van der Waals surface area (Å²) in [6, 6.07) is 25.4. The molecular weight excluding hydrogens is 864 g/mol. The summed E-state index contributed by atoms with van der Waals surface area (Å²) in [6.45, 7) is 8.74. The van der Waals surface area contributed by atoms with Gasteiger partial charge in [-0.3, -0.25) is 14.9 Å².